The molecule has 0 bridgehead atoms. The zero-order valence-electron chi connectivity index (χ0n) is 28.7. The van der Waals surface area contributed by atoms with E-state index in [-0.39, 0.29) is 53.0 Å². The van der Waals surface area contributed by atoms with E-state index in [9.17, 15) is 23.1 Å². The van der Waals surface area contributed by atoms with Crippen molar-refractivity contribution >= 4 is 39.5 Å². The second-order valence-corrected chi connectivity index (χ2v) is 13.4. The van der Waals surface area contributed by atoms with Crippen LogP contribution in [-0.4, -0.2) is 92.5 Å². The van der Waals surface area contributed by atoms with Crippen molar-refractivity contribution in [3.8, 4) is 17.7 Å². The number of alkyl halides is 2. The third-order valence-corrected chi connectivity index (χ3v) is 10.3. The van der Waals surface area contributed by atoms with E-state index in [4.69, 9.17) is 18.6 Å². The van der Waals surface area contributed by atoms with Gasteiger partial charge in [-0.2, -0.15) is 5.10 Å². The Morgan fingerprint density at radius 2 is 1.94 bits per heavy atom. The number of ether oxygens (including phenoxy) is 3. The van der Waals surface area contributed by atoms with Crippen LogP contribution < -0.4 is 14.5 Å². The molecule has 3 atom stereocenters. The molecule has 3 fully saturated rings. The molecule has 5 aromatic rings. The molecule has 0 radical (unpaired) electrons. The molecular weight excluding hydrogens is 683 g/mol. The summed E-state index contributed by atoms with van der Waals surface area (Å²) in [4.78, 5) is 29.0. The highest BCUT2D eigenvalue weighted by Crippen LogP contribution is 2.41. The van der Waals surface area contributed by atoms with Crippen LogP contribution in [0.5, 0.6) is 5.88 Å². The first-order chi connectivity index (χ1) is 24.9. The van der Waals surface area contributed by atoms with Crippen LogP contribution in [0.15, 0.2) is 35.0 Å². The van der Waals surface area contributed by atoms with Gasteiger partial charge in [0.25, 0.3) is 6.43 Å². The molecule has 1 aromatic carbocycles. The number of aliphatic carboxylic acids is 1. The van der Waals surface area contributed by atoms with Crippen LogP contribution in [0.4, 0.5) is 24.7 Å². The van der Waals surface area contributed by atoms with Gasteiger partial charge in [-0.1, -0.05) is 11.8 Å². The number of hydrogen-bond donors (Lipinski definition) is 1. The van der Waals surface area contributed by atoms with E-state index in [0.29, 0.717) is 43.0 Å². The maximum atomic E-state index is 14.5. The number of carboxylic acid groups (broad SMARTS) is 1. The maximum absolute atomic E-state index is 14.5. The quantitative estimate of drug-likeness (QED) is 0.244. The molecule has 16 heteroatoms. The van der Waals surface area contributed by atoms with E-state index in [0.717, 1.165) is 11.3 Å². The molecule has 0 saturated carbocycles. The average molecular weight is 718 g/mol. The van der Waals surface area contributed by atoms with Crippen molar-refractivity contribution in [3.05, 3.63) is 64.6 Å². The van der Waals surface area contributed by atoms with Gasteiger partial charge >= 0.3 is 5.97 Å². The number of hydrogen-bond acceptors (Lipinski definition) is 11. The summed E-state index contributed by atoms with van der Waals surface area (Å²) in [5, 5.41) is 14.9. The minimum absolute atomic E-state index is 0.0271. The van der Waals surface area contributed by atoms with Crippen molar-refractivity contribution in [2.75, 3.05) is 42.7 Å². The number of rotatable bonds is 6. The summed E-state index contributed by atoms with van der Waals surface area (Å²) in [6.45, 7) is 7.25. The van der Waals surface area contributed by atoms with Gasteiger partial charge in [0.15, 0.2) is 17.2 Å². The van der Waals surface area contributed by atoms with E-state index in [2.05, 4.69) is 36.8 Å². The van der Waals surface area contributed by atoms with Crippen molar-refractivity contribution in [2.45, 2.75) is 57.4 Å². The number of aromatic nitrogens is 5. The Balaban J connectivity index is 1.17. The molecular formula is C36H34F3N7O6. The Morgan fingerprint density at radius 1 is 1.13 bits per heavy atom. The predicted octanol–water partition coefficient (Wildman–Crippen LogP) is 4.70. The van der Waals surface area contributed by atoms with Crippen LogP contribution in [0.25, 0.3) is 22.1 Å². The van der Waals surface area contributed by atoms with Crippen LogP contribution in [-0.2, 0) is 21.3 Å². The molecule has 1 N–H and O–H groups in total. The third-order valence-electron chi connectivity index (χ3n) is 10.3. The number of fused-ring (bicyclic) bond motifs is 3. The number of pyridine rings is 1. The number of nitrogens with zero attached hydrogens (tertiary/aromatic N) is 7. The van der Waals surface area contributed by atoms with Gasteiger partial charge in [0.05, 0.1) is 49.9 Å². The first kappa shape index (κ1) is 33.7. The largest absolute Gasteiger partial charge is 0.480 e. The molecule has 13 nitrogen and oxygen atoms in total. The molecule has 52 heavy (non-hydrogen) atoms. The molecule has 4 aromatic heterocycles. The fraction of sp³-hybridized carbons (Fsp3) is 0.417. The van der Waals surface area contributed by atoms with Crippen LogP contribution in [0.1, 0.15) is 48.0 Å². The maximum Gasteiger partial charge on any atom is 0.326 e. The molecule has 7 heterocycles. The second kappa shape index (κ2) is 12.7. The van der Waals surface area contributed by atoms with Gasteiger partial charge in [0, 0.05) is 42.7 Å². The Morgan fingerprint density at radius 3 is 2.63 bits per heavy atom. The summed E-state index contributed by atoms with van der Waals surface area (Å²) in [6, 6.07) is 3.13. The van der Waals surface area contributed by atoms with Crippen molar-refractivity contribution in [1.82, 2.24) is 24.7 Å². The van der Waals surface area contributed by atoms with E-state index in [1.807, 2.05) is 27.0 Å². The summed E-state index contributed by atoms with van der Waals surface area (Å²) in [7, 11) is 1.84. The number of carboxylic acids is 1. The highest BCUT2D eigenvalue weighted by molar-refractivity contribution is 6.07. The van der Waals surface area contributed by atoms with E-state index in [1.54, 1.807) is 17.1 Å². The number of aryl methyl sites for hydroxylation is 2. The van der Waals surface area contributed by atoms with Crippen LogP contribution >= 0.6 is 0 Å². The highest BCUT2D eigenvalue weighted by atomic mass is 19.3. The Bertz CT molecular complexity index is 2290. The summed E-state index contributed by atoms with van der Waals surface area (Å²) in [5.41, 5.74) is 2.73. The van der Waals surface area contributed by atoms with Crippen molar-refractivity contribution in [3.63, 3.8) is 0 Å². The monoisotopic (exact) mass is 717 g/mol. The van der Waals surface area contributed by atoms with Crippen LogP contribution in [0.3, 0.4) is 0 Å². The van der Waals surface area contributed by atoms with Gasteiger partial charge in [-0.25, -0.2) is 32.9 Å². The van der Waals surface area contributed by atoms with E-state index in [1.165, 1.54) is 24.0 Å². The Hall–Kier alpha value is -5.40. The van der Waals surface area contributed by atoms with Crippen LogP contribution in [0.2, 0.25) is 0 Å². The Labute approximate surface area is 295 Å². The molecule has 270 valence electrons. The minimum Gasteiger partial charge on any atom is -0.480 e. The molecule has 0 aliphatic carbocycles. The fourth-order valence-electron chi connectivity index (χ4n) is 7.09. The smallest absolute Gasteiger partial charge is 0.326 e. The zero-order chi connectivity index (χ0) is 36.5. The predicted molar refractivity (Wildman–Crippen MR) is 181 cm³/mol. The minimum atomic E-state index is -3.07. The molecule has 8 rings (SSSR count). The van der Waals surface area contributed by atoms with Gasteiger partial charge < -0.3 is 33.5 Å². The Kier molecular flexibility index (Phi) is 8.22. The van der Waals surface area contributed by atoms with Gasteiger partial charge in [0.2, 0.25) is 5.88 Å². The third kappa shape index (κ3) is 5.55. The topological polar surface area (TPSA) is 141 Å². The van der Waals surface area contributed by atoms with Gasteiger partial charge in [0.1, 0.15) is 40.4 Å². The molecule has 3 aliphatic heterocycles. The summed E-state index contributed by atoms with van der Waals surface area (Å²) in [5.74, 6) is 3.88. The van der Waals surface area contributed by atoms with Crippen molar-refractivity contribution in [2.24, 2.45) is 7.05 Å². The van der Waals surface area contributed by atoms with Crippen molar-refractivity contribution < 1.29 is 41.7 Å². The molecule has 0 unspecified atom stereocenters. The average Bonchev–Trinajstić information content (AvgIpc) is 3.80. The zero-order valence-corrected chi connectivity index (χ0v) is 28.7. The summed E-state index contributed by atoms with van der Waals surface area (Å²) < 4.78 is 68.7. The highest BCUT2D eigenvalue weighted by Gasteiger charge is 2.50. The van der Waals surface area contributed by atoms with E-state index >= 15 is 0 Å². The lowest BCUT2D eigenvalue weighted by Gasteiger charge is -2.53. The number of benzene rings is 1. The standard InChI is InChI=1S/C36H34F3N7O6/c1-18-25(37)8-7-24-28-30(52-29(18)24)33(43-32(42-28)31(38)39)46-15-23(12-27(46)35(47)48)51-34-26(45-9-10-50-36(20(45)3)16-49-17-36)11-21(13-40-34)5-6-22-14-41-44(4)19(22)2/h7-8,11,13-14,20,23,27,31H,9-10,12,15-17H2,1-4H3,(H,47,48)/t20-,23-,27-/m0/s1. The molecule has 0 amide bonds. The normalized spacial score (nSPS) is 21.2. The van der Waals surface area contributed by atoms with E-state index < -0.39 is 41.8 Å². The number of halogens is 3. The van der Waals surface area contributed by atoms with Gasteiger partial charge in [-0.15, -0.1) is 0 Å². The summed E-state index contributed by atoms with van der Waals surface area (Å²) in [6.07, 6.45) is -0.571. The molecule has 3 saturated heterocycles. The summed E-state index contributed by atoms with van der Waals surface area (Å²) >= 11 is 0. The SMILES string of the molecule is Cc1c(F)ccc2c1oc1c(N3C[C@@H](Oc4ncc(C#Cc5cnn(C)c5C)cc4N4CCOC5(COC5)[C@@H]4C)C[C@H]3C(=O)O)nc(C(F)F)nc12. The molecule has 3 aliphatic rings. The number of morpholine rings is 1. The van der Waals surface area contributed by atoms with Crippen LogP contribution in [0, 0.1) is 31.5 Å². The lowest BCUT2D eigenvalue weighted by atomic mass is 9.90. The first-order valence-electron chi connectivity index (χ1n) is 16.8. The second-order valence-electron chi connectivity index (χ2n) is 13.4. The lowest BCUT2D eigenvalue weighted by molar-refractivity contribution is -0.228. The fourth-order valence-corrected chi connectivity index (χ4v) is 7.09. The molecule has 1 spiro atoms. The first-order valence-corrected chi connectivity index (χ1v) is 16.8. The number of carbonyl (C=O) groups is 1. The number of anilines is 2. The number of furan rings is 1. The van der Waals surface area contributed by atoms with Gasteiger partial charge in [-0.3, -0.25) is 4.68 Å². The lowest BCUT2D eigenvalue weighted by Crippen LogP contribution is -2.68. The van der Waals surface area contributed by atoms with Crippen molar-refractivity contribution in [1.29, 1.82) is 0 Å². The van der Waals surface area contributed by atoms with Gasteiger partial charge in [-0.05, 0) is 39.0 Å².